The average Bonchev–Trinajstić information content (AvgIpc) is 3.10. The number of imidazole rings is 1. The third-order valence-corrected chi connectivity index (χ3v) is 4.06. The lowest BCUT2D eigenvalue weighted by molar-refractivity contribution is 0.0514. The lowest BCUT2D eigenvalue weighted by atomic mass is 10.3. The second-order valence-electron chi connectivity index (χ2n) is 4.47. The summed E-state index contributed by atoms with van der Waals surface area (Å²) in [6.45, 7) is 2.71. The summed E-state index contributed by atoms with van der Waals surface area (Å²) in [5.74, 6) is -0.240. The highest BCUT2D eigenvalue weighted by Crippen LogP contribution is 2.21. The zero-order chi connectivity index (χ0) is 15.5. The molecule has 0 fully saturated rings. The molecule has 0 aliphatic carbocycles. The molecule has 6 nitrogen and oxygen atoms in total. The highest BCUT2D eigenvalue weighted by molar-refractivity contribution is 7.15. The van der Waals surface area contributed by atoms with Crippen LogP contribution in [0.4, 0.5) is 5.69 Å². The topological polar surface area (TPSA) is 79.9 Å². The standard InChI is InChI=1S/C14H13ClN4O2S/c1-2-21-13(20)12-18-10-4-3-8(5-11(10)19-12)16-6-9-7-17-14(15)22-9/h3-5,7,16H,2,6H2,1H3,(H,18,19). The molecule has 0 saturated carbocycles. The molecular formula is C14H13ClN4O2S. The Bertz CT molecular complexity index is 814. The third kappa shape index (κ3) is 3.20. The number of aromatic amines is 1. The number of anilines is 1. The highest BCUT2D eigenvalue weighted by atomic mass is 35.5. The van der Waals surface area contributed by atoms with Crippen molar-refractivity contribution in [3.05, 3.63) is 39.6 Å². The minimum Gasteiger partial charge on any atom is -0.460 e. The molecule has 0 amide bonds. The molecule has 2 N–H and O–H groups in total. The maximum Gasteiger partial charge on any atom is 0.374 e. The Kier molecular flexibility index (Phi) is 4.26. The van der Waals surface area contributed by atoms with Crippen LogP contribution in [0.15, 0.2) is 24.4 Å². The second kappa shape index (κ2) is 6.33. The normalized spacial score (nSPS) is 10.8. The van der Waals surface area contributed by atoms with Crippen LogP contribution >= 0.6 is 22.9 Å². The van der Waals surface area contributed by atoms with Crippen molar-refractivity contribution in [1.29, 1.82) is 0 Å². The largest absolute Gasteiger partial charge is 0.460 e. The van der Waals surface area contributed by atoms with Gasteiger partial charge in [-0.3, -0.25) is 0 Å². The maximum absolute atomic E-state index is 11.7. The lowest BCUT2D eigenvalue weighted by Crippen LogP contribution is -2.06. The molecule has 22 heavy (non-hydrogen) atoms. The Morgan fingerprint density at radius 2 is 2.36 bits per heavy atom. The van der Waals surface area contributed by atoms with E-state index in [2.05, 4.69) is 20.3 Å². The van der Waals surface area contributed by atoms with Gasteiger partial charge < -0.3 is 15.0 Å². The van der Waals surface area contributed by atoms with Crippen molar-refractivity contribution < 1.29 is 9.53 Å². The number of carbonyl (C=O) groups excluding carboxylic acids is 1. The molecule has 0 unspecified atom stereocenters. The molecule has 3 rings (SSSR count). The maximum atomic E-state index is 11.7. The summed E-state index contributed by atoms with van der Waals surface area (Å²) in [6, 6.07) is 5.64. The van der Waals surface area contributed by atoms with Crippen molar-refractivity contribution in [2.75, 3.05) is 11.9 Å². The first-order chi connectivity index (χ1) is 10.7. The number of rotatable bonds is 5. The Morgan fingerprint density at radius 1 is 1.50 bits per heavy atom. The van der Waals surface area contributed by atoms with E-state index in [0.29, 0.717) is 17.6 Å². The Hall–Kier alpha value is -2.12. The number of halogens is 1. The number of H-pyrrole nitrogens is 1. The van der Waals surface area contributed by atoms with Crippen LogP contribution in [0.2, 0.25) is 4.47 Å². The van der Waals surface area contributed by atoms with E-state index in [1.165, 1.54) is 11.3 Å². The molecule has 0 spiro atoms. The predicted molar refractivity (Wildman–Crippen MR) is 86.5 cm³/mol. The SMILES string of the molecule is CCOC(=O)c1nc2ccc(NCc3cnc(Cl)s3)cc2[nH]1. The van der Waals surface area contributed by atoms with E-state index >= 15 is 0 Å². The van der Waals surface area contributed by atoms with Crippen molar-refractivity contribution in [2.24, 2.45) is 0 Å². The van der Waals surface area contributed by atoms with E-state index in [1.807, 2.05) is 18.2 Å². The van der Waals surface area contributed by atoms with Crippen LogP contribution in [0.25, 0.3) is 11.0 Å². The summed E-state index contributed by atoms with van der Waals surface area (Å²) in [7, 11) is 0. The second-order valence-corrected chi connectivity index (χ2v) is 6.17. The predicted octanol–water partition coefficient (Wildman–Crippen LogP) is 3.46. The van der Waals surface area contributed by atoms with Crippen molar-refractivity contribution in [3.8, 4) is 0 Å². The molecule has 0 saturated heterocycles. The first kappa shape index (κ1) is 14.8. The number of hydrogen-bond donors (Lipinski definition) is 2. The van der Waals surface area contributed by atoms with Gasteiger partial charge in [-0.15, -0.1) is 11.3 Å². The van der Waals surface area contributed by atoms with Gasteiger partial charge in [0.25, 0.3) is 0 Å². The number of nitrogens with zero attached hydrogens (tertiary/aromatic N) is 2. The Balaban J connectivity index is 1.76. The van der Waals surface area contributed by atoms with Gasteiger partial charge in [0.2, 0.25) is 5.82 Å². The highest BCUT2D eigenvalue weighted by Gasteiger charge is 2.12. The number of carbonyl (C=O) groups is 1. The molecule has 114 valence electrons. The van der Waals surface area contributed by atoms with Crippen molar-refractivity contribution >= 4 is 45.6 Å². The third-order valence-electron chi connectivity index (χ3n) is 2.94. The number of aromatic nitrogens is 3. The molecule has 3 aromatic rings. The molecule has 2 heterocycles. The fourth-order valence-electron chi connectivity index (χ4n) is 1.97. The monoisotopic (exact) mass is 336 g/mol. The summed E-state index contributed by atoms with van der Waals surface area (Å²) in [6.07, 6.45) is 1.74. The van der Waals surface area contributed by atoms with E-state index in [0.717, 1.165) is 21.6 Å². The fraction of sp³-hybridized carbons (Fsp3) is 0.214. The average molecular weight is 337 g/mol. The van der Waals surface area contributed by atoms with Gasteiger partial charge in [-0.25, -0.2) is 14.8 Å². The summed E-state index contributed by atoms with van der Waals surface area (Å²) in [5.41, 5.74) is 2.40. The zero-order valence-electron chi connectivity index (χ0n) is 11.7. The van der Waals surface area contributed by atoms with Gasteiger partial charge in [-0.05, 0) is 25.1 Å². The van der Waals surface area contributed by atoms with Gasteiger partial charge in [0.05, 0.1) is 24.2 Å². The van der Waals surface area contributed by atoms with E-state index < -0.39 is 5.97 Å². The van der Waals surface area contributed by atoms with Gasteiger partial charge in [-0.2, -0.15) is 0 Å². The summed E-state index contributed by atoms with van der Waals surface area (Å²) in [5, 5.41) is 3.28. The van der Waals surface area contributed by atoms with Crippen LogP contribution in [0.5, 0.6) is 0 Å². The number of fused-ring (bicyclic) bond motifs is 1. The van der Waals surface area contributed by atoms with Crippen LogP contribution in [0.3, 0.4) is 0 Å². The number of ether oxygens (including phenoxy) is 1. The number of hydrogen-bond acceptors (Lipinski definition) is 6. The van der Waals surface area contributed by atoms with Crippen LogP contribution in [-0.2, 0) is 11.3 Å². The number of thiazole rings is 1. The summed E-state index contributed by atoms with van der Waals surface area (Å²) in [4.78, 5) is 23.9. The summed E-state index contributed by atoms with van der Waals surface area (Å²) < 4.78 is 5.46. The lowest BCUT2D eigenvalue weighted by Gasteiger charge is -2.03. The van der Waals surface area contributed by atoms with Crippen LogP contribution in [0, 0.1) is 0 Å². The number of nitrogens with one attached hydrogen (secondary N) is 2. The molecule has 0 bridgehead atoms. The van der Waals surface area contributed by atoms with E-state index in [9.17, 15) is 4.79 Å². The van der Waals surface area contributed by atoms with Gasteiger partial charge in [0.1, 0.15) is 0 Å². The molecule has 0 aliphatic rings. The van der Waals surface area contributed by atoms with Crippen molar-refractivity contribution in [3.63, 3.8) is 0 Å². The number of esters is 1. The Morgan fingerprint density at radius 3 is 3.09 bits per heavy atom. The van der Waals surface area contributed by atoms with E-state index in [-0.39, 0.29) is 5.82 Å². The van der Waals surface area contributed by atoms with Gasteiger partial charge in [0.15, 0.2) is 4.47 Å². The van der Waals surface area contributed by atoms with Crippen molar-refractivity contribution in [2.45, 2.75) is 13.5 Å². The first-order valence-electron chi connectivity index (χ1n) is 6.66. The van der Waals surface area contributed by atoms with Crippen molar-refractivity contribution in [1.82, 2.24) is 15.0 Å². The summed E-state index contributed by atoms with van der Waals surface area (Å²) >= 11 is 7.24. The molecular weight excluding hydrogens is 324 g/mol. The molecule has 0 atom stereocenters. The number of benzene rings is 1. The minimum absolute atomic E-state index is 0.211. The molecule has 8 heteroatoms. The first-order valence-corrected chi connectivity index (χ1v) is 7.86. The van der Waals surface area contributed by atoms with Crippen LogP contribution in [-0.4, -0.2) is 27.5 Å². The quantitative estimate of drug-likeness (QED) is 0.697. The van der Waals surface area contributed by atoms with Crippen LogP contribution in [0.1, 0.15) is 22.4 Å². The molecule has 1 aromatic carbocycles. The molecule has 0 aliphatic heterocycles. The zero-order valence-corrected chi connectivity index (χ0v) is 13.3. The smallest absolute Gasteiger partial charge is 0.374 e. The van der Waals surface area contributed by atoms with Gasteiger partial charge in [0, 0.05) is 16.8 Å². The fourth-order valence-corrected chi connectivity index (χ4v) is 2.89. The Labute approximate surface area is 135 Å². The van der Waals surface area contributed by atoms with Gasteiger partial charge >= 0.3 is 5.97 Å². The molecule has 2 aromatic heterocycles. The molecule has 0 radical (unpaired) electrons. The van der Waals surface area contributed by atoms with Gasteiger partial charge in [-0.1, -0.05) is 11.6 Å². The van der Waals surface area contributed by atoms with E-state index in [4.69, 9.17) is 16.3 Å². The van der Waals surface area contributed by atoms with E-state index in [1.54, 1.807) is 13.1 Å². The minimum atomic E-state index is -0.451. The van der Waals surface area contributed by atoms with Crippen LogP contribution < -0.4 is 5.32 Å².